The second kappa shape index (κ2) is 7.60. The second-order valence-electron chi connectivity index (χ2n) is 6.64. The zero-order chi connectivity index (χ0) is 18.7. The summed E-state index contributed by atoms with van der Waals surface area (Å²) in [5.74, 6) is 0.525. The van der Waals surface area contributed by atoms with E-state index in [0.29, 0.717) is 30.0 Å². The summed E-state index contributed by atoms with van der Waals surface area (Å²) in [5, 5.41) is 2.90. The van der Waals surface area contributed by atoms with Crippen molar-refractivity contribution in [2.75, 3.05) is 23.9 Å². The normalized spacial score (nSPS) is 14.3. The number of aryl methyl sites for hydroxylation is 2. The Balaban J connectivity index is 1.81. The first kappa shape index (κ1) is 18.0. The van der Waals surface area contributed by atoms with Crippen molar-refractivity contribution >= 4 is 23.2 Å². The molecule has 2 aromatic carbocycles. The SMILES string of the molecule is COc1cc(NC(=O)c2ccc(C)c(C)c2)ccc1N1CCCCC1=O. The summed E-state index contributed by atoms with van der Waals surface area (Å²) in [5.41, 5.74) is 4.23. The van der Waals surface area contributed by atoms with Crippen molar-refractivity contribution in [3.63, 3.8) is 0 Å². The average molecular weight is 352 g/mol. The number of piperidine rings is 1. The summed E-state index contributed by atoms with van der Waals surface area (Å²) in [4.78, 5) is 26.4. The number of methoxy groups -OCH3 is 1. The minimum Gasteiger partial charge on any atom is -0.494 e. The fraction of sp³-hybridized carbons (Fsp3) is 0.333. The van der Waals surface area contributed by atoms with Gasteiger partial charge in [0.15, 0.2) is 0 Å². The number of amides is 2. The van der Waals surface area contributed by atoms with Crippen molar-refractivity contribution in [3.8, 4) is 5.75 Å². The van der Waals surface area contributed by atoms with Gasteiger partial charge in [-0.3, -0.25) is 9.59 Å². The molecule has 1 heterocycles. The number of nitrogens with one attached hydrogen (secondary N) is 1. The van der Waals surface area contributed by atoms with Crippen LogP contribution in [-0.2, 0) is 4.79 Å². The quantitative estimate of drug-likeness (QED) is 0.902. The van der Waals surface area contributed by atoms with Crippen molar-refractivity contribution in [2.24, 2.45) is 0 Å². The van der Waals surface area contributed by atoms with E-state index in [-0.39, 0.29) is 11.8 Å². The molecule has 1 aliphatic rings. The zero-order valence-corrected chi connectivity index (χ0v) is 15.5. The fourth-order valence-corrected chi connectivity index (χ4v) is 3.12. The number of rotatable bonds is 4. The van der Waals surface area contributed by atoms with Crippen LogP contribution in [-0.4, -0.2) is 25.5 Å². The maximum Gasteiger partial charge on any atom is 0.255 e. The van der Waals surface area contributed by atoms with Crippen LogP contribution in [0.15, 0.2) is 36.4 Å². The monoisotopic (exact) mass is 352 g/mol. The topological polar surface area (TPSA) is 58.6 Å². The Kier molecular flexibility index (Phi) is 5.26. The van der Waals surface area contributed by atoms with Crippen LogP contribution in [0.1, 0.15) is 40.7 Å². The van der Waals surface area contributed by atoms with Crippen LogP contribution < -0.4 is 15.0 Å². The van der Waals surface area contributed by atoms with Gasteiger partial charge in [-0.2, -0.15) is 0 Å². The van der Waals surface area contributed by atoms with E-state index in [2.05, 4.69) is 5.32 Å². The van der Waals surface area contributed by atoms with Crippen molar-refractivity contribution in [1.82, 2.24) is 0 Å². The second-order valence-corrected chi connectivity index (χ2v) is 6.64. The van der Waals surface area contributed by atoms with Gasteiger partial charge in [0.2, 0.25) is 5.91 Å². The third kappa shape index (κ3) is 3.72. The lowest BCUT2D eigenvalue weighted by atomic mass is 10.1. The molecule has 0 radical (unpaired) electrons. The number of carbonyl (C=O) groups excluding carboxylic acids is 2. The molecule has 1 aliphatic heterocycles. The van der Waals surface area contributed by atoms with Gasteiger partial charge in [0.25, 0.3) is 5.91 Å². The predicted molar refractivity (Wildman–Crippen MR) is 103 cm³/mol. The molecule has 2 amide bonds. The Labute approximate surface area is 154 Å². The Hall–Kier alpha value is -2.82. The van der Waals surface area contributed by atoms with E-state index in [1.165, 1.54) is 0 Å². The number of hydrogen-bond acceptors (Lipinski definition) is 3. The van der Waals surface area contributed by atoms with E-state index in [1.807, 2.05) is 38.1 Å². The molecular formula is C21H24N2O3. The van der Waals surface area contributed by atoms with E-state index >= 15 is 0 Å². The molecule has 3 rings (SSSR count). The summed E-state index contributed by atoms with van der Waals surface area (Å²) in [6.45, 7) is 4.70. The molecule has 0 aliphatic carbocycles. The third-order valence-corrected chi connectivity index (χ3v) is 4.82. The molecule has 0 atom stereocenters. The number of carbonyl (C=O) groups is 2. The van der Waals surface area contributed by atoms with E-state index in [9.17, 15) is 9.59 Å². The summed E-state index contributed by atoms with van der Waals surface area (Å²) in [6, 6.07) is 11.0. The smallest absolute Gasteiger partial charge is 0.255 e. The number of nitrogens with zero attached hydrogens (tertiary/aromatic N) is 1. The lowest BCUT2D eigenvalue weighted by molar-refractivity contribution is -0.119. The Morgan fingerprint density at radius 1 is 1.08 bits per heavy atom. The number of ether oxygens (including phenoxy) is 1. The lowest BCUT2D eigenvalue weighted by Crippen LogP contribution is -2.35. The molecule has 2 aromatic rings. The number of benzene rings is 2. The van der Waals surface area contributed by atoms with Crippen LogP contribution in [0.2, 0.25) is 0 Å². The maximum atomic E-state index is 12.5. The van der Waals surface area contributed by atoms with E-state index in [1.54, 1.807) is 24.1 Å². The van der Waals surface area contributed by atoms with Gasteiger partial charge in [-0.15, -0.1) is 0 Å². The highest BCUT2D eigenvalue weighted by Gasteiger charge is 2.22. The number of anilines is 2. The van der Waals surface area contributed by atoms with Crippen LogP contribution in [0.4, 0.5) is 11.4 Å². The third-order valence-electron chi connectivity index (χ3n) is 4.82. The lowest BCUT2D eigenvalue weighted by Gasteiger charge is -2.28. The van der Waals surface area contributed by atoms with Gasteiger partial charge in [0, 0.05) is 30.3 Å². The van der Waals surface area contributed by atoms with Crippen molar-refractivity contribution in [1.29, 1.82) is 0 Å². The van der Waals surface area contributed by atoms with Crippen molar-refractivity contribution in [3.05, 3.63) is 53.1 Å². The molecule has 136 valence electrons. The van der Waals surface area contributed by atoms with Gasteiger partial charge in [0.05, 0.1) is 12.8 Å². The van der Waals surface area contributed by atoms with Crippen LogP contribution in [0, 0.1) is 13.8 Å². The van der Waals surface area contributed by atoms with Gasteiger partial charge < -0.3 is 15.0 Å². The minimum absolute atomic E-state index is 0.112. The minimum atomic E-state index is -0.169. The standard InChI is InChI=1S/C21H24N2O3/c1-14-7-8-16(12-15(14)2)21(25)22-17-9-10-18(19(13-17)26-3)23-11-5-4-6-20(23)24/h7-10,12-13H,4-6,11H2,1-3H3,(H,22,25). The Morgan fingerprint density at radius 3 is 2.58 bits per heavy atom. The van der Waals surface area contributed by atoms with Crippen molar-refractivity contribution < 1.29 is 14.3 Å². The Morgan fingerprint density at radius 2 is 1.88 bits per heavy atom. The van der Waals surface area contributed by atoms with Crippen LogP contribution in [0.3, 0.4) is 0 Å². The van der Waals surface area contributed by atoms with Gasteiger partial charge in [-0.25, -0.2) is 0 Å². The average Bonchev–Trinajstić information content (AvgIpc) is 2.64. The summed E-state index contributed by atoms with van der Waals surface area (Å²) in [7, 11) is 1.57. The van der Waals surface area contributed by atoms with E-state index < -0.39 is 0 Å². The maximum absolute atomic E-state index is 12.5. The van der Waals surface area contributed by atoms with Gasteiger partial charge in [-0.05, 0) is 62.1 Å². The first-order valence-corrected chi connectivity index (χ1v) is 8.86. The zero-order valence-electron chi connectivity index (χ0n) is 15.5. The molecule has 1 fully saturated rings. The van der Waals surface area contributed by atoms with Gasteiger partial charge in [0.1, 0.15) is 5.75 Å². The molecule has 26 heavy (non-hydrogen) atoms. The fourth-order valence-electron chi connectivity index (χ4n) is 3.12. The molecule has 0 spiro atoms. The first-order valence-electron chi connectivity index (χ1n) is 8.86. The molecular weight excluding hydrogens is 328 g/mol. The summed E-state index contributed by atoms with van der Waals surface area (Å²) >= 11 is 0. The molecule has 1 saturated heterocycles. The number of hydrogen-bond donors (Lipinski definition) is 1. The molecule has 5 heteroatoms. The highest BCUT2D eigenvalue weighted by atomic mass is 16.5. The van der Waals surface area contributed by atoms with Crippen LogP contribution in [0.5, 0.6) is 5.75 Å². The highest BCUT2D eigenvalue weighted by molar-refractivity contribution is 6.05. The van der Waals surface area contributed by atoms with Gasteiger partial charge in [-0.1, -0.05) is 6.07 Å². The predicted octanol–water partition coefficient (Wildman–Crippen LogP) is 4.08. The molecule has 0 saturated carbocycles. The largest absolute Gasteiger partial charge is 0.494 e. The summed E-state index contributed by atoms with van der Waals surface area (Å²) in [6.07, 6.45) is 2.48. The highest BCUT2D eigenvalue weighted by Crippen LogP contribution is 2.33. The summed E-state index contributed by atoms with van der Waals surface area (Å²) < 4.78 is 5.46. The van der Waals surface area contributed by atoms with Crippen LogP contribution in [0.25, 0.3) is 0 Å². The van der Waals surface area contributed by atoms with Gasteiger partial charge >= 0.3 is 0 Å². The molecule has 5 nitrogen and oxygen atoms in total. The van der Waals surface area contributed by atoms with Crippen molar-refractivity contribution in [2.45, 2.75) is 33.1 Å². The van der Waals surface area contributed by atoms with Crippen LogP contribution >= 0.6 is 0 Å². The van der Waals surface area contributed by atoms with E-state index in [4.69, 9.17) is 4.74 Å². The van der Waals surface area contributed by atoms with E-state index in [0.717, 1.165) is 29.7 Å². The molecule has 0 unspecified atom stereocenters. The molecule has 1 N–H and O–H groups in total. The molecule has 0 bridgehead atoms. The molecule has 0 aromatic heterocycles. The Bertz CT molecular complexity index is 845. The first-order chi connectivity index (χ1) is 12.5.